The van der Waals surface area contributed by atoms with Gasteiger partial charge >= 0.3 is 0 Å². The number of nitrogens with zero attached hydrogens (tertiary/aromatic N) is 2. The van der Waals surface area contributed by atoms with Crippen LogP contribution >= 0.6 is 0 Å². The van der Waals surface area contributed by atoms with Gasteiger partial charge in [-0.25, -0.2) is 8.78 Å². The van der Waals surface area contributed by atoms with Crippen molar-refractivity contribution in [3.8, 4) is 77.9 Å². The molecule has 0 saturated heterocycles. The fourth-order valence-electron chi connectivity index (χ4n) is 16.3. The van der Waals surface area contributed by atoms with E-state index in [1.165, 1.54) is 61.0 Å². The van der Waals surface area contributed by atoms with Crippen molar-refractivity contribution in [1.82, 2.24) is 0 Å². The summed E-state index contributed by atoms with van der Waals surface area (Å²) in [6.07, 6.45) is 0. The first-order valence-corrected chi connectivity index (χ1v) is 32.8. The molecule has 3 aliphatic carbocycles. The summed E-state index contributed by atoms with van der Waals surface area (Å²) in [5.74, 6) is -0.595. The smallest absolute Gasteiger partial charge is 0.155 e. The summed E-state index contributed by atoms with van der Waals surface area (Å²) in [6, 6.07) is 99.9. The van der Waals surface area contributed by atoms with Crippen LogP contribution in [0.25, 0.3) is 99.4 Å². The van der Waals surface area contributed by atoms with Crippen molar-refractivity contribution in [3.63, 3.8) is 0 Å². The van der Waals surface area contributed by atoms with Crippen LogP contribution in [0.5, 0.6) is 0 Å². The van der Waals surface area contributed by atoms with Crippen LogP contribution in [0.4, 0.5) is 42.9 Å². The Bertz CT molecular complexity index is 5430. The van der Waals surface area contributed by atoms with E-state index < -0.39 is 5.41 Å². The lowest BCUT2D eigenvalue weighted by Gasteiger charge is -2.38. The molecule has 0 atom stereocenters. The molecule has 0 radical (unpaired) electrons. The summed E-state index contributed by atoms with van der Waals surface area (Å²) >= 11 is 0. The largest absolute Gasteiger partial charge is 0.308 e. The molecule has 14 aromatic carbocycles. The molecule has 94 heavy (non-hydrogen) atoms. The fourth-order valence-corrected chi connectivity index (χ4v) is 16.3. The maximum absolute atomic E-state index is 18.5. The molecule has 0 N–H and O–H groups in total. The third-order valence-electron chi connectivity index (χ3n) is 21.1. The first-order valence-electron chi connectivity index (χ1n) is 32.8. The number of halogens is 2. The summed E-state index contributed by atoms with van der Waals surface area (Å²) in [5.41, 5.74) is 25.5. The van der Waals surface area contributed by atoms with E-state index in [1.807, 2.05) is 121 Å². The summed E-state index contributed by atoms with van der Waals surface area (Å²) in [5, 5.41) is 4.53. The predicted molar refractivity (Wildman–Crippen MR) is 390 cm³/mol. The molecule has 4 heteroatoms. The highest BCUT2D eigenvalue weighted by atomic mass is 19.1. The zero-order valence-electron chi connectivity index (χ0n) is 53.8. The number of benzene rings is 14. The molecule has 0 spiro atoms. The first kappa shape index (κ1) is 57.0. The lowest BCUT2D eigenvalue weighted by Crippen LogP contribution is -2.25. The van der Waals surface area contributed by atoms with Gasteiger partial charge in [-0.05, 0) is 207 Å². The molecule has 0 amide bonds. The van der Waals surface area contributed by atoms with E-state index in [0.29, 0.717) is 22.5 Å². The predicted octanol–water partition coefficient (Wildman–Crippen LogP) is 25.1. The topological polar surface area (TPSA) is 6.48 Å². The molecule has 0 aromatic heterocycles. The SMILES string of the molecule is Cc1c2c3c(cccc3c3cc(N(c4ccc5c(c4)C(C)(C)c4ccccc4-5)c4cc(-c5ccccc5)cc(-c5ccccc5)c4F)ccc13)C(C)(C)c1cc(N(c3ccc4c(c3)C(C)(C)c3ccccc3-4)c3cc(-c4ccccc4)cc(-c4ccccc4)c3F)ccc1-2. The van der Waals surface area contributed by atoms with E-state index >= 15 is 8.78 Å². The first-order chi connectivity index (χ1) is 45.6. The molecule has 0 bridgehead atoms. The van der Waals surface area contributed by atoms with E-state index in [4.69, 9.17) is 0 Å². The summed E-state index contributed by atoms with van der Waals surface area (Å²) in [6.45, 7) is 16.2. The van der Waals surface area contributed by atoms with Crippen molar-refractivity contribution in [2.75, 3.05) is 9.80 Å². The van der Waals surface area contributed by atoms with E-state index in [9.17, 15) is 0 Å². The Morgan fingerprint density at radius 1 is 0.255 bits per heavy atom. The highest BCUT2D eigenvalue weighted by Gasteiger charge is 2.40. The Morgan fingerprint density at radius 3 is 1.09 bits per heavy atom. The minimum Gasteiger partial charge on any atom is -0.308 e. The van der Waals surface area contributed by atoms with Gasteiger partial charge in [0.1, 0.15) is 0 Å². The molecule has 17 rings (SSSR count). The lowest BCUT2D eigenvalue weighted by molar-refractivity contribution is 0.631. The highest BCUT2D eigenvalue weighted by molar-refractivity contribution is 6.19. The van der Waals surface area contributed by atoms with Crippen LogP contribution < -0.4 is 9.80 Å². The quantitative estimate of drug-likeness (QED) is 0.126. The minimum absolute atomic E-state index is 0.296. The maximum Gasteiger partial charge on any atom is 0.155 e. The van der Waals surface area contributed by atoms with Gasteiger partial charge in [0.05, 0.1) is 11.4 Å². The van der Waals surface area contributed by atoms with Gasteiger partial charge in [0.2, 0.25) is 0 Å². The van der Waals surface area contributed by atoms with Gasteiger partial charge in [0, 0.05) is 50.1 Å². The number of fused-ring (bicyclic) bond motifs is 10. The third kappa shape index (κ3) is 8.65. The van der Waals surface area contributed by atoms with Crippen molar-refractivity contribution in [2.45, 2.75) is 64.7 Å². The second-order valence-electron chi connectivity index (χ2n) is 27.5. The Balaban J connectivity index is 0.872. The minimum atomic E-state index is -0.530. The Morgan fingerprint density at radius 2 is 0.617 bits per heavy atom. The second kappa shape index (κ2) is 21.3. The van der Waals surface area contributed by atoms with Gasteiger partial charge in [0.15, 0.2) is 11.6 Å². The summed E-state index contributed by atoms with van der Waals surface area (Å²) in [4.78, 5) is 4.33. The van der Waals surface area contributed by atoms with Crippen molar-refractivity contribution in [1.29, 1.82) is 0 Å². The molecule has 3 aliphatic rings. The molecular weight excluding hydrogens is 1150 g/mol. The molecule has 452 valence electrons. The van der Waals surface area contributed by atoms with Crippen molar-refractivity contribution < 1.29 is 8.78 Å². The number of hydrogen-bond donors (Lipinski definition) is 0. The van der Waals surface area contributed by atoms with Gasteiger partial charge in [-0.2, -0.15) is 0 Å². The average Bonchev–Trinajstić information content (AvgIpc) is 0.979. The highest BCUT2D eigenvalue weighted by Crippen LogP contribution is 2.57. The number of anilines is 6. The van der Waals surface area contributed by atoms with Crippen molar-refractivity contribution in [3.05, 3.63) is 336 Å². The zero-order chi connectivity index (χ0) is 63.9. The van der Waals surface area contributed by atoms with Crippen LogP contribution in [-0.4, -0.2) is 0 Å². The molecule has 0 saturated carbocycles. The van der Waals surface area contributed by atoms with Gasteiger partial charge in [-0.1, -0.05) is 254 Å². The number of rotatable bonds is 10. The van der Waals surface area contributed by atoms with E-state index in [2.05, 4.69) is 222 Å². The van der Waals surface area contributed by atoms with E-state index in [1.54, 1.807) is 0 Å². The molecule has 0 fully saturated rings. The normalized spacial score (nSPS) is 14.1. The molecule has 14 aromatic rings. The summed E-state index contributed by atoms with van der Waals surface area (Å²) < 4.78 is 37.0. The molecular formula is C90H68F2N2. The molecule has 0 heterocycles. The van der Waals surface area contributed by atoms with Gasteiger partial charge in [-0.3, -0.25) is 0 Å². The number of aryl methyl sites for hydroxylation is 1. The monoisotopic (exact) mass is 1210 g/mol. The van der Waals surface area contributed by atoms with Gasteiger partial charge < -0.3 is 9.80 Å². The van der Waals surface area contributed by atoms with E-state index in [-0.39, 0.29) is 22.5 Å². The van der Waals surface area contributed by atoms with Gasteiger partial charge in [0.25, 0.3) is 0 Å². The lowest BCUT2D eigenvalue weighted by atomic mass is 9.67. The maximum atomic E-state index is 18.5. The molecule has 2 nitrogen and oxygen atoms in total. The Hall–Kier alpha value is -10.9. The standard InChI is InChI=1S/C90H68F2N2/c1-55-66-43-39-62(93(63-40-44-69-67-33-20-22-36-76(67)88(2,3)79(69)52-63)82-49-60(56-25-12-8-13-26-56)47-73(86(82)91)58-29-16-10-17-30-58)51-75(66)71-35-24-38-78-85(71)84(55)72-46-42-65(54-81(72)90(78,6)7)94(64-41-45-70-68-34-21-23-37-77(68)89(4,5)80(70)53-64)83-50-61(57-27-14-9-15-28-57)48-74(87(83)92)59-31-18-11-19-32-59/h8-54H,1-7H3. The zero-order valence-corrected chi connectivity index (χ0v) is 53.8. The third-order valence-corrected chi connectivity index (χ3v) is 21.1. The van der Waals surface area contributed by atoms with Crippen LogP contribution in [-0.2, 0) is 16.2 Å². The Kier molecular flexibility index (Phi) is 12.9. The van der Waals surface area contributed by atoms with Gasteiger partial charge in [-0.15, -0.1) is 0 Å². The molecule has 0 unspecified atom stereocenters. The summed E-state index contributed by atoms with van der Waals surface area (Å²) in [7, 11) is 0. The van der Waals surface area contributed by atoms with Crippen molar-refractivity contribution in [2.24, 2.45) is 0 Å². The fraction of sp³-hybridized carbons (Fsp3) is 0.111. The van der Waals surface area contributed by atoms with Crippen LogP contribution in [0.3, 0.4) is 0 Å². The van der Waals surface area contributed by atoms with Crippen LogP contribution in [0.2, 0.25) is 0 Å². The number of hydrogen-bond acceptors (Lipinski definition) is 2. The molecule has 0 aliphatic heterocycles. The second-order valence-corrected chi connectivity index (χ2v) is 27.5. The average molecular weight is 1220 g/mol. The Labute approximate surface area is 549 Å². The van der Waals surface area contributed by atoms with Crippen molar-refractivity contribution >= 4 is 55.7 Å². The van der Waals surface area contributed by atoms with Crippen LogP contribution in [0.15, 0.2) is 285 Å². The van der Waals surface area contributed by atoms with Crippen LogP contribution in [0.1, 0.15) is 80.5 Å². The van der Waals surface area contributed by atoms with E-state index in [0.717, 1.165) is 89.0 Å². The van der Waals surface area contributed by atoms with Crippen LogP contribution in [0, 0.1) is 18.6 Å².